The predicted molar refractivity (Wildman–Crippen MR) is 138 cm³/mol. The van der Waals surface area contributed by atoms with Crippen LogP contribution in [0.3, 0.4) is 0 Å². The first kappa shape index (κ1) is 24.5. The van der Waals surface area contributed by atoms with Gasteiger partial charge in [0.25, 0.3) is 5.91 Å². The number of hydrogen-bond acceptors (Lipinski definition) is 4. The fourth-order valence-electron chi connectivity index (χ4n) is 3.40. The van der Waals surface area contributed by atoms with Crippen LogP contribution in [-0.2, 0) is 5.41 Å². The lowest BCUT2D eigenvalue weighted by molar-refractivity contribution is 0.100. The van der Waals surface area contributed by atoms with Crippen LogP contribution in [0.4, 0.5) is 0 Å². The zero-order chi connectivity index (χ0) is 24.7. The SMILES string of the molecule is Cc1ccc(/C=C(\C#N)c2ccc(C(C)(C)CN)cc2)cc1.NC(=O)c1coc2ccccc12. The van der Waals surface area contributed by atoms with Gasteiger partial charge in [-0.15, -0.1) is 0 Å². The second kappa shape index (κ2) is 10.7. The van der Waals surface area contributed by atoms with E-state index in [0.29, 0.717) is 23.3 Å². The van der Waals surface area contributed by atoms with Crippen LogP contribution in [0.5, 0.6) is 0 Å². The standard InChI is InChI=1S/C20H22N2.C9H7NO2/c1-15-4-6-16(7-5-15)12-18(13-21)17-8-10-19(11-9-17)20(2,3)14-22;10-9(11)7-5-12-8-4-2-1-3-6(7)8/h4-12H,14,22H2,1-3H3;1-5H,(H2,10,11)/b18-12+;. The van der Waals surface area contributed by atoms with Gasteiger partial charge in [-0.3, -0.25) is 4.79 Å². The number of amides is 1. The van der Waals surface area contributed by atoms with Gasteiger partial charge >= 0.3 is 0 Å². The highest BCUT2D eigenvalue weighted by atomic mass is 16.3. The number of benzene rings is 3. The van der Waals surface area contributed by atoms with Crippen molar-refractivity contribution in [2.24, 2.45) is 11.5 Å². The summed E-state index contributed by atoms with van der Waals surface area (Å²) >= 11 is 0. The molecule has 4 rings (SSSR count). The number of para-hydroxylation sites is 1. The van der Waals surface area contributed by atoms with E-state index in [-0.39, 0.29) is 5.41 Å². The van der Waals surface area contributed by atoms with E-state index in [0.717, 1.165) is 16.5 Å². The molecule has 0 fully saturated rings. The minimum atomic E-state index is -0.458. The third-order valence-electron chi connectivity index (χ3n) is 5.74. The van der Waals surface area contributed by atoms with Crippen molar-refractivity contribution in [2.75, 3.05) is 6.54 Å². The summed E-state index contributed by atoms with van der Waals surface area (Å²) in [5, 5.41) is 10.2. The topological polar surface area (TPSA) is 106 Å². The zero-order valence-electron chi connectivity index (χ0n) is 19.7. The summed E-state index contributed by atoms with van der Waals surface area (Å²) in [4.78, 5) is 10.8. The van der Waals surface area contributed by atoms with Gasteiger partial charge < -0.3 is 15.9 Å². The number of nitrogens with zero attached hydrogens (tertiary/aromatic N) is 1. The highest BCUT2D eigenvalue weighted by Crippen LogP contribution is 2.25. The molecule has 5 heteroatoms. The molecule has 0 unspecified atom stereocenters. The van der Waals surface area contributed by atoms with E-state index >= 15 is 0 Å². The Labute approximate surface area is 200 Å². The van der Waals surface area contributed by atoms with Crippen molar-refractivity contribution in [3.05, 3.63) is 107 Å². The van der Waals surface area contributed by atoms with Gasteiger partial charge in [0.2, 0.25) is 0 Å². The molecule has 3 aromatic carbocycles. The molecule has 0 aliphatic rings. The number of fused-ring (bicyclic) bond motifs is 1. The number of rotatable bonds is 5. The predicted octanol–water partition coefficient (Wildman–Crippen LogP) is 5.83. The van der Waals surface area contributed by atoms with Crippen molar-refractivity contribution in [3.8, 4) is 6.07 Å². The van der Waals surface area contributed by atoms with E-state index in [2.05, 4.69) is 39.0 Å². The molecule has 1 amide bonds. The van der Waals surface area contributed by atoms with Gasteiger partial charge in [0.1, 0.15) is 11.8 Å². The third-order valence-corrected chi connectivity index (χ3v) is 5.74. The maximum atomic E-state index is 10.8. The Kier molecular flexibility index (Phi) is 7.68. The van der Waals surface area contributed by atoms with Gasteiger partial charge in [0, 0.05) is 17.3 Å². The van der Waals surface area contributed by atoms with E-state index < -0.39 is 5.91 Å². The lowest BCUT2D eigenvalue weighted by atomic mass is 9.84. The second-order valence-corrected chi connectivity index (χ2v) is 8.76. The summed E-state index contributed by atoms with van der Waals surface area (Å²) < 4.78 is 5.11. The minimum Gasteiger partial charge on any atom is -0.463 e. The molecule has 0 atom stereocenters. The van der Waals surface area contributed by atoms with Crippen LogP contribution in [0.25, 0.3) is 22.6 Å². The number of hydrogen-bond donors (Lipinski definition) is 2. The van der Waals surface area contributed by atoms with Crippen molar-refractivity contribution in [2.45, 2.75) is 26.2 Å². The Morgan fingerprint density at radius 3 is 2.26 bits per heavy atom. The Hall–Kier alpha value is -4.14. The molecule has 0 aliphatic carbocycles. The molecule has 5 nitrogen and oxygen atoms in total. The summed E-state index contributed by atoms with van der Waals surface area (Å²) in [7, 11) is 0. The molecule has 0 radical (unpaired) electrons. The van der Waals surface area contributed by atoms with Gasteiger partial charge in [-0.1, -0.05) is 86.1 Å². The Morgan fingerprint density at radius 1 is 1.03 bits per heavy atom. The largest absolute Gasteiger partial charge is 0.463 e. The number of carbonyl (C=O) groups excluding carboxylic acids is 1. The molecule has 1 heterocycles. The van der Waals surface area contributed by atoms with Crippen molar-refractivity contribution in [1.82, 2.24) is 0 Å². The van der Waals surface area contributed by atoms with Crippen molar-refractivity contribution >= 4 is 28.5 Å². The lowest BCUT2D eigenvalue weighted by Crippen LogP contribution is -2.27. The number of carbonyl (C=O) groups is 1. The third kappa shape index (κ3) is 5.80. The van der Waals surface area contributed by atoms with Crippen LogP contribution in [0.15, 0.2) is 83.5 Å². The molecule has 1 aromatic heterocycles. The molecule has 4 aromatic rings. The Morgan fingerprint density at radius 2 is 1.68 bits per heavy atom. The molecule has 4 N–H and O–H groups in total. The van der Waals surface area contributed by atoms with Gasteiger partial charge in [0.15, 0.2) is 0 Å². The second-order valence-electron chi connectivity index (χ2n) is 8.76. The molecule has 0 saturated heterocycles. The average Bonchev–Trinajstić information content (AvgIpc) is 3.29. The van der Waals surface area contributed by atoms with Gasteiger partial charge in [-0.05, 0) is 35.8 Å². The van der Waals surface area contributed by atoms with E-state index in [1.54, 1.807) is 12.1 Å². The number of allylic oxidation sites excluding steroid dienone is 1. The first-order valence-electron chi connectivity index (χ1n) is 11.0. The van der Waals surface area contributed by atoms with Crippen molar-refractivity contribution in [3.63, 3.8) is 0 Å². The van der Waals surface area contributed by atoms with Crippen LogP contribution in [0, 0.1) is 18.3 Å². The first-order chi connectivity index (χ1) is 16.2. The normalized spacial score (nSPS) is 11.4. The molecule has 0 aliphatic heterocycles. The van der Waals surface area contributed by atoms with E-state index in [4.69, 9.17) is 15.9 Å². The van der Waals surface area contributed by atoms with Gasteiger partial charge in [-0.2, -0.15) is 5.26 Å². The van der Waals surface area contributed by atoms with E-state index in [1.165, 1.54) is 17.4 Å². The molecular formula is C29H29N3O2. The average molecular weight is 452 g/mol. The van der Waals surface area contributed by atoms with E-state index in [1.807, 2.05) is 54.6 Å². The molecule has 0 bridgehead atoms. The number of aryl methyl sites for hydroxylation is 1. The maximum absolute atomic E-state index is 10.8. The van der Waals surface area contributed by atoms with Crippen molar-refractivity contribution < 1.29 is 9.21 Å². The first-order valence-corrected chi connectivity index (χ1v) is 11.0. The number of primary amides is 1. The summed E-state index contributed by atoms with van der Waals surface area (Å²) in [6.45, 7) is 6.89. The quantitative estimate of drug-likeness (QED) is 0.294. The number of nitrogens with two attached hydrogens (primary N) is 2. The summed E-state index contributed by atoms with van der Waals surface area (Å²) in [5.41, 5.74) is 17.0. The fourth-order valence-corrected chi connectivity index (χ4v) is 3.40. The summed E-state index contributed by atoms with van der Waals surface area (Å²) in [6, 6.07) is 25.8. The number of furan rings is 1. The molecule has 34 heavy (non-hydrogen) atoms. The minimum absolute atomic E-state index is 0.0496. The van der Waals surface area contributed by atoms with Crippen LogP contribution in [0.1, 0.15) is 46.5 Å². The monoisotopic (exact) mass is 451 g/mol. The van der Waals surface area contributed by atoms with Crippen molar-refractivity contribution in [1.29, 1.82) is 5.26 Å². The summed E-state index contributed by atoms with van der Waals surface area (Å²) in [5.74, 6) is -0.458. The molecule has 0 saturated carbocycles. The maximum Gasteiger partial charge on any atom is 0.252 e. The zero-order valence-corrected chi connectivity index (χ0v) is 19.7. The van der Waals surface area contributed by atoms with Crippen LogP contribution in [0.2, 0.25) is 0 Å². The van der Waals surface area contributed by atoms with Crippen LogP contribution < -0.4 is 11.5 Å². The Bertz CT molecular complexity index is 1340. The van der Waals surface area contributed by atoms with Crippen LogP contribution >= 0.6 is 0 Å². The molecular weight excluding hydrogens is 422 g/mol. The molecule has 172 valence electrons. The van der Waals surface area contributed by atoms with Gasteiger partial charge in [-0.25, -0.2) is 0 Å². The van der Waals surface area contributed by atoms with Gasteiger partial charge in [0.05, 0.1) is 17.2 Å². The molecule has 0 spiro atoms. The Balaban J connectivity index is 0.000000226. The fraction of sp³-hybridized carbons (Fsp3) is 0.172. The highest BCUT2D eigenvalue weighted by molar-refractivity contribution is 6.05. The smallest absolute Gasteiger partial charge is 0.252 e. The van der Waals surface area contributed by atoms with E-state index in [9.17, 15) is 10.1 Å². The highest BCUT2D eigenvalue weighted by Gasteiger charge is 2.18. The summed E-state index contributed by atoms with van der Waals surface area (Å²) in [6.07, 6.45) is 3.30. The number of nitriles is 1. The lowest BCUT2D eigenvalue weighted by Gasteiger charge is -2.23. The van der Waals surface area contributed by atoms with Crippen LogP contribution in [-0.4, -0.2) is 12.5 Å².